The van der Waals surface area contributed by atoms with Crippen molar-refractivity contribution in [3.05, 3.63) is 65.5 Å². The number of halogens is 1. The third-order valence-corrected chi connectivity index (χ3v) is 8.29. The summed E-state index contributed by atoms with van der Waals surface area (Å²) in [7, 11) is -2.53. The Morgan fingerprint density at radius 1 is 1.15 bits per heavy atom. The molecule has 1 amide bonds. The zero-order chi connectivity index (χ0) is 29.4. The molecule has 0 unspecified atom stereocenters. The van der Waals surface area contributed by atoms with Crippen LogP contribution in [0.5, 0.6) is 0 Å². The van der Waals surface area contributed by atoms with Crippen LogP contribution >= 0.6 is 18.7 Å². The number of nitrogens with one attached hydrogen (secondary N) is 3. The van der Waals surface area contributed by atoms with Crippen LogP contribution in [0.2, 0.25) is 5.02 Å². The number of carbonyl (C=O) groups is 1. The van der Waals surface area contributed by atoms with Gasteiger partial charge >= 0.3 is 6.09 Å². The molecular weight excluding hydrogens is 561 g/mol. The Morgan fingerprint density at radius 3 is 2.63 bits per heavy atom. The van der Waals surface area contributed by atoms with Gasteiger partial charge in [0.25, 0.3) is 0 Å². The highest BCUT2D eigenvalue weighted by atomic mass is 35.5. The highest BCUT2D eigenvalue weighted by molar-refractivity contribution is 7.70. The van der Waals surface area contributed by atoms with Gasteiger partial charge in [-0.05, 0) is 76.4 Å². The molecule has 0 bridgehead atoms. The van der Waals surface area contributed by atoms with E-state index in [9.17, 15) is 9.36 Å². The van der Waals surface area contributed by atoms with E-state index in [0.29, 0.717) is 47.3 Å². The number of para-hydroxylation sites is 1. The summed E-state index contributed by atoms with van der Waals surface area (Å²) in [5.41, 5.74) is 3.71. The summed E-state index contributed by atoms with van der Waals surface area (Å²) in [6.07, 6.45) is 3.89. The number of benzene rings is 2. The second kappa shape index (κ2) is 11.2. The summed E-state index contributed by atoms with van der Waals surface area (Å²) < 4.78 is 18.3. The Bertz CT molecular complexity index is 1690. The highest BCUT2D eigenvalue weighted by Crippen LogP contribution is 2.39. The van der Waals surface area contributed by atoms with E-state index in [1.165, 1.54) is 6.20 Å². The number of H-pyrrole nitrogens is 1. The molecule has 2 aromatic heterocycles. The second-order valence-corrected chi connectivity index (χ2v) is 14.8. The first kappa shape index (κ1) is 28.6. The van der Waals surface area contributed by atoms with Crippen LogP contribution in [0.4, 0.5) is 27.9 Å². The van der Waals surface area contributed by atoms with E-state index >= 15 is 0 Å². The number of rotatable bonds is 6. The monoisotopic (exact) mass is 593 g/mol. The van der Waals surface area contributed by atoms with Crippen molar-refractivity contribution in [2.45, 2.75) is 32.8 Å². The van der Waals surface area contributed by atoms with E-state index in [1.807, 2.05) is 69.3 Å². The van der Waals surface area contributed by atoms with Crippen molar-refractivity contribution in [3.8, 4) is 0 Å². The van der Waals surface area contributed by atoms with Gasteiger partial charge in [0.1, 0.15) is 17.8 Å². The molecular formula is C29H33ClN7O3P. The standard InChI is InChI=1S/C29H33ClN7O3P/c1-29(2,3)40-28(38)37-14-12-18(13-15-37)25-20-16-19(10-11-22(20)35-36-25)32-27-31-17-21(30)26(34-27)33-23-8-6-7-9-24(23)41(4,5)39/h6-12,16-17H,13-15H2,1-5H3,(H,35,36)(H2,31,32,33,34). The zero-order valence-corrected chi connectivity index (χ0v) is 25.3. The van der Waals surface area contributed by atoms with Crippen LogP contribution < -0.4 is 15.9 Å². The molecule has 1 aliphatic rings. The van der Waals surface area contributed by atoms with Crippen LogP contribution in [0.3, 0.4) is 0 Å². The average molecular weight is 594 g/mol. The van der Waals surface area contributed by atoms with Crippen molar-refractivity contribution in [2.75, 3.05) is 37.1 Å². The van der Waals surface area contributed by atoms with Crippen LogP contribution in [0.25, 0.3) is 16.5 Å². The minimum atomic E-state index is -2.53. The van der Waals surface area contributed by atoms with Gasteiger partial charge < -0.3 is 24.8 Å². The predicted molar refractivity (Wildman–Crippen MR) is 166 cm³/mol. The molecule has 0 fully saturated rings. The maximum atomic E-state index is 12.8. The number of carbonyl (C=O) groups excluding carboxylic acids is 1. The van der Waals surface area contributed by atoms with Gasteiger partial charge in [-0.25, -0.2) is 9.78 Å². The molecule has 0 aliphatic carbocycles. The number of aromatic amines is 1. The fraction of sp³-hybridized carbons (Fsp3) is 0.310. The number of fused-ring (bicyclic) bond motifs is 1. The summed E-state index contributed by atoms with van der Waals surface area (Å²) in [6, 6.07) is 13.2. The smallest absolute Gasteiger partial charge is 0.410 e. The first-order chi connectivity index (χ1) is 19.4. The van der Waals surface area contributed by atoms with E-state index < -0.39 is 12.7 Å². The van der Waals surface area contributed by atoms with Crippen LogP contribution in [0.15, 0.2) is 54.7 Å². The number of amides is 1. The number of hydrogen-bond donors (Lipinski definition) is 3. The first-order valence-electron chi connectivity index (χ1n) is 13.2. The lowest BCUT2D eigenvalue weighted by Crippen LogP contribution is -2.39. The van der Waals surface area contributed by atoms with Gasteiger partial charge in [-0.15, -0.1) is 0 Å². The molecule has 41 heavy (non-hydrogen) atoms. The summed E-state index contributed by atoms with van der Waals surface area (Å²) in [5.74, 6) is 0.747. The van der Waals surface area contributed by atoms with Gasteiger partial charge in [-0.3, -0.25) is 5.10 Å². The Hall–Kier alpha value is -3.88. The van der Waals surface area contributed by atoms with Gasteiger partial charge in [-0.1, -0.05) is 29.8 Å². The Labute approximate surface area is 243 Å². The van der Waals surface area contributed by atoms with Gasteiger partial charge in [0, 0.05) is 29.5 Å². The lowest BCUT2D eigenvalue weighted by Gasteiger charge is -2.29. The molecule has 0 saturated carbocycles. The van der Waals surface area contributed by atoms with Gasteiger partial charge in [0.2, 0.25) is 5.95 Å². The van der Waals surface area contributed by atoms with Gasteiger partial charge in [0.15, 0.2) is 5.82 Å². The summed E-state index contributed by atoms with van der Waals surface area (Å²) in [5, 5.41) is 16.1. The Morgan fingerprint density at radius 2 is 1.93 bits per heavy atom. The molecule has 3 heterocycles. The van der Waals surface area contributed by atoms with E-state index in [2.05, 4.69) is 30.8 Å². The van der Waals surface area contributed by atoms with Crippen LogP contribution in [-0.2, 0) is 9.30 Å². The Kier molecular flexibility index (Phi) is 7.81. The molecule has 10 nitrogen and oxygen atoms in total. The average Bonchev–Trinajstić information content (AvgIpc) is 3.33. The molecule has 5 rings (SSSR count). The van der Waals surface area contributed by atoms with Crippen molar-refractivity contribution in [1.82, 2.24) is 25.1 Å². The van der Waals surface area contributed by atoms with Crippen molar-refractivity contribution < 1.29 is 14.1 Å². The maximum absolute atomic E-state index is 12.8. The molecule has 214 valence electrons. The normalized spacial score (nSPS) is 14.1. The maximum Gasteiger partial charge on any atom is 0.410 e. The zero-order valence-electron chi connectivity index (χ0n) is 23.7. The molecule has 2 aromatic carbocycles. The largest absolute Gasteiger partial charge is 0.444 e. The van der Waals surface area contributed by atoms with Crippen molar-refractivity contribution in [2.24, 2.45) is 0 Å². The molecule has 0 atom stereocenters. The number of ether oxygens (including phenoxy) is 1. The molecule has 4 aromatic rings. The van der Waals surface area contributed by atoms with Crippen molar-refractivity contribution in [3.63, 3.8) is 0 Å². The van der Waals surface area contributed by atoms with E-state index in [1.54, 1.807) is 18.2 Å². The number of aromatic nitrogens is 4. The number of nitrogens with zero attached hydrogens (tertiary/aromatic N) is 4. The van der Waals surface area contributed by atoms with E-state index in [4.69, 9.17) is 16.3 Å². The number of anilines is 4. The van der Waals surface area contributed by atoms with Crippen molar-refractivity contribution in [1.29, 1.82) is 0 Å². The molecule has 3 N–H and O–H groups in total. The third kappa shape index (κ3) is 6.72. The van der Waals surface area contributed by atoms with Crippen LogP contribution in [0.1, 0.15) is 32.9 Å². The lowest BCUT2D eigenvalue weighted by molar-refractivity contribution is 0.0270. The fourth-order valence-electron chi connectivity index (χ4n) is 4.53. The predicted octanol–water partition coefficient (Wildman–Crippen LogP) is 6.77. The first-order valence-corrected chi connectivity index (χ1v) is 16.2. The van der Waals surface area contributed by atoms with Crippen LogP contribution in [-0.4, -0.2) is 63.2 Å². The minimum Gasteiger partial charge on any atom is -0.444 e. The lowest BCUT2D eigenvalue weighted by atomic mass is 10.0. The molecule has 0 saturated heterocycles. The molecule has 12 heteroatoms. The van der Waals surface area contributed by atoms with Gasteiger partial charge in [-0.2, -0.15) is 10.1 Å². The quantitative estimate of drug-likeness (QED) is 0.209. The highest BCUT2D eigenvalue weighted by Gasteiger charge is 2.25. The van der Waals surface area contributed by atoms with Crippen molar-refractivity contribution >= 4 is 69.8 Å². The fourth-order valence-corrected chi connectivity index (χ4v) is 5.83. The third-order valence-electron chi connectivity index (χ3n) is 6.47. The summed E-state index contributed by atoms with van der Waals surface area (Å²) in [4.78, 5) is 23.1. The summed E-state index contributed by atoms with van der Waals surface area (Å²) >= 11 is 6.41. The van der Waals surface area contributed by atoms with E-state index in [0.717, 1.165) is 27.9 Å². The second-order valence-electron chi connectivity index (χ2n) is 11.2. The summed E-state index contributed by atoms with van der Waals surface area (Å²) in [6.45, 7) is 10.0. The topological polar surface area (TPSA) is 125 Å². The van der Waals surface area contributed by atoms with Gasteiger partial charge in [0.05, 0.1) is 23.1 Å². The molecule has 0 spiro atoms. The molecule has 0 radical (unpaired) electrons. The SMILES string of the molecule is CC(C)(C)OC(=O)N1CC=C(c2n[nH]c3ccc(Nc4ncc(Cl)c(Nc5ccccc5P(C)(C)=O)n4)cc23)CC1. The van der Waals surface area contributed by atoms with Crippen LogP contribution in [0, 0.1) is 0 Å². The Balaban J connectivity index is 1.36. The minimum absolute atomic E-state index is 0.315. The molecule has 1 aliphatic heterocycles. The number of hydrogen-bond acceptors (Lipinski definition) is 8. The van der Waals surface area contributed by atoms with E-state index in [-0.39, 0.29) is 6.09 Å².